The van der Waals surface area contributed by atoms with Crippen molar-refractivity contribution in [3.8, 4) is 17.0 Å². The van der Waals surface area contributed by atoms with Crippen molar-refractivity contribution in [3.63, 3.8) is 0 Å². The molecule has 37 heavy (non-hydrogen) atoms. The zero-order chi connectivity index (χ0) is 27.0. The first-order valence-electron chi connectivity index (χ1n) is 13.4. The van der Waals surface area contributed by atoms with Gasteiger partial charge in [-0.1, -0.05) is 63.5 Å². The average molecular weight is 528 g/mol. The van der Waals surface area contributed by atoms with E-state index in [-0.39, 0.29) is 5.97 Å². The second-order valence-electron chi connectivity index (χ2n) is 10.7. The van der Waals surface area contributed by atoms with Gasteiger partial charge in [0.25, 0.3) is 0 Å². The molecule has 0 saturated carbocycles. The number of benzene rings is 1. The summed E-state index contributed by atoms with van der Waals surface area (Å²) in [5.41, 5.74) is 2.18. The van der Waals surface area contributed by atoms with E-state index in [0.29, 0.717) is 16.5 Å². The van der Waals surface area contributed by atoms with Crippen LogP contribution >= 0.6 is 11.6 Å². The summed E-state index contributed by atoms with van der Waals surface area (Å²) < 4.78 is 11.3. The van der Waals surface area contributed by atoms with E-state index < -0.39 is 5.60 Å². The Labute approximate surface area is 226 Å². The highest BCUT2D eigenvalue weighted by molar-refractivity contribution is 6.34. The molecule has 1 N–H and O–H groups in total. The Balaban J connectivity index is 1.75. The number of unbranched alkanes of at least 4 members (excludes halogenated alkanes) is 7. The maximum absolute atomic E-state index is 12.8. The molecule has 1 aromatic carbocycles. The second kappa shape index (κ2) is 13.2. The number of hydrogen-bond acceptors (Lipinski definition) is 5. The van der Waals surface area contributed by atoms with E-state index in [2.05, 4.69) is 23.9 Å². The molecule has 0 aliphatic carbocycles. The molecule has 0 spiro atoms. The van der Waals surface area contributed by atoms with E-state index in [9.17, 15) is 4.79 Å². The van der Waals surface area contributed by atoms with Gasteiger partial charge in [0.15, 0.2) is 0 Å². The molecule has 6 nitrogen and oxygen atoms in total. The van der Waals surface area contributed by atoms with E-state index >= 15 is 0 Å². The smallest absolute Gasteiger partial charge is 0.340 e. The first-order valence-corrected chi connectivity index (χ1v) is 13.8. The third kappa shape index (κ3) is 7.88. The van der Waals surface area contributed by atoms with Crippen LogP contribution in [-0.2, 0) is 4.74 Å². The number of carbonyl (C=O) groups is 1. The number of aromatic amines is 1. The lowest BCUT2D eigenvalue weighted by molar-refractivity contribution is 0.00719. The summed E-state index contributed by atoms with van der Waals surface area (Å²) in [4.78, 5) is 22.9. The molecule has 0 bridgehead atoms. The Morgan fingerprint density at radius 1 is 1.03 bits per heavy atom. The molecule has 0 atom stereocenters. The lowest BCUT2D eigenvalue weighted by atomic mass is 10.0. The van der Waals surface area contributed by atoms with Gasteiger partial charge in [-0.3, -0.25) is 0 Å². The molecule has 2 aromatic heterocycles. The van der Waals surface area contributed by atoms with E-state index in [1.807, 2.05) is 45.0 Å². The van der Waals surface area contributed by atoms with Gasteiger partial charge in [0.05, 0.1) is 17.7 Å². The molecule has 202 valence electrons. The van der Waals surface area contributed by atoms with E-state index in [1.54, 1.807) is 13.3 Å². The summed E-state index contributed by atoms with van der Waals surface area (Å²) in [6.07, 6.45) is 12.0. The SMILES string of the molecule is CCCCCCCCCCN(C)c1ccc(-c2cc3c(C(=O)OC(C)(C)C)c[nH]c3cc2Cl)c(OC)n1. The lowest BCUT2D eigenvalue weighted by Gasteiger charge is -2.20. The molecule has 2 heterocycles. The quantitative estimate of drug-likeness (QED) is 0.178. The van der Waals surface area contributed by atoms with Crippen molar-refractivity contribution in [2.45, 2.75) is 84.7 Å². The van der Waals surface area contributed by atoms with E-state index in [4.69, 9.17) is 26.1 Å². The molecule has 0 aliphatic heterocycles. The Hall–Kier alpha value is -2.73. The van der Waals surface area contributed by atoms with E-state index in [0.717, 1.165) is 40.8 Å². The van der Waals surface area contributed by atoms with Gasteiger partial charge >= 0.3 is 5.97 Å². The molecule has 0 fully saturated rings. The molecule has 0 aliphatic rings. The van der Waals surface area contributed by atoms with Gasteiger partial charge in [-0.05, 0) is 51.5 Å². The molecular weight excluding hydrogens is 486 g/mol. The van der Waals surface area contributed by atoms with Crippen LogP contribution in [0.2, 0.25) is 5.02 Å². The van der Waals surface area contributed by atoms with Gasteiger partial charge in [0, 0.05) is 41.8 Å². The summed E-state index contributed by atoms with van der Waals surface area (Å²) in [6.45, 7) is 8.76. The minimum absolute atomic E-state index is 0.380. The largest absolute Gasteiger partial charge is 0.480 e. The molecule has 0 saturated heterocycles. The molecule has 3 rings (SSSR count). The van der Waals surface area contributed by atoms with Crippen molar-refractivity contribution in [1.29, 1.82) is 0 Å². The maximum Gasteiger partial charge on any atom is 0.340 e. The zero-order valence-electron chi connectivity index (χ0n) is 23.2. The van der Waals surface area contributed by atoms with Crippen LogP contribution in [0.4, 0.5) is 5.82 Å². The number of H-pyrrole nitrogens is 1. The topological polar surface area (TPSA) is 67.5 Å². The van der Waals surface area contributed by atoms with Crippen LogP contribution in [0.3, 0.4) is 0 Å². The minimum Gasteiger partial charge on any atom is -0.480 e. The number of aromatic nitrogens is 2. The number of fused-ring (bicyclic) bond motifs is 1. The number of carbonyl (C=O) groups excluding carboxylic acids is 1. The summed E-state index contributed by atoms with van der Waals surface area (Å²) in [6, 6.07) is 7.70. The number of methoxy groups -OCH3 is 1. The average Bonchev–Trinajstić information content (AvgIpc) is 3.26. The Kier molecular flexibility index (Phi) is 10.3. The number of halogens is 1. The van der Waals surface area contributed by atoms with Crippen LogP contribution in [-0.4, -0.2) is 42.2 Å². The number of nitrogens with zero attached hydrogens (tertiary/aromatic N) is 2. The minimum atomic E-state index is -0.584. The van der Waals surface area contributed by atoms with Gasteiger partial charge in [0.1, 0.15) is 11.4 Å². The van der Waals surface area contributed by atoms with Crippen LogP contribution < -0.4 is 9.64 Å². The molecular formula is C30H42ClN3O3. The first kappa shape index (κ1) is 28.8. The second-order valence-corrected chi connectivity index (χ2v) is 11.1. The first-order chi connectivity index (χ1) is 17.6. The van der Waals surface area contributed by atoms with Gasteiger partial charge in [-0.25, -0.2) is 4.79 Å². The third-order valence-corrected chi connectivity index (χ3v) is 6.77. The molecule has 3 aromatic rings. The predicted octanol–water partition coefficient (Wildman–Crippen LogP) is 8.42. The maximum atomic E-state index is 12.8. The fourth-order valence-corrected chi connectivity index (χ4v) is 4.72. The monoisotopic (exact) mass is 527 g/mol. The fourth-order valence-electron chi connectivity index (χ4n) is 4.45. The fraction of sp³-hybridized carbons (Fsp3) is 0.533. The molecule has 0 amide bonds. The molecule has 0 unspecified atom stereocenters. The third-order valence-electron chi connectivity index (χ3n) is 6.46. The normalized spacial score (nSPS) is 11.6. The zero-order valence-corrected chi connectivity index (χ0v) is 24.0. The van der Waals surface area contributed by atoms with Crippen LogP contribution in [0.5, 0.6) is 5.88 Å². The van der Waals surface area contributed by atoms with Gasteiger partial charge in [0.2, 0.25) is 5.88 Å². The van der Waals surface area contributed by atoms with Crippen molar-refractivity contribution < 1.29 is 14.3 Å². The highest BCUT2D eigenvalue weighted by atomic mass is 35.5. The number of anilines is 1. The van der Waals surface area contributed by atoms with Crippen molar-refractivity contribution in [2.75, 3.05) is 25.6 Å². The lowest BCUT2D eigenvalue weighted by Crippen LogP contribution is -2.23. The van der Waals surface area contributed by atoms with Crippen molar-refractivity contribution in [3.05, 3.63) is 41.0 Å². The summed E-state index contributed by atoms with van der Waals surface area (Å²) in [7, 11) is 3.68. The van der Waals surface area contributed by atoms with Gasteiger partial charge in [-0.2, -0.15) is 4.98 Å². The van der Waals surface area contributed by atoms with Crippen molar-refractivity contribution >= 4 is 34.3 Å². The van der Waals surface area contributed by atoms with Crippen LogP contribution in [0.1, 0.15) is 89.4 Å². The van der Waals surface area contributed by atoms with E-state index in [1.165, 1.54) is 44.9 Å². The number of esters is 1. The van der Waals surface area contributed by atoms with Crippen molar-refractivity contribution in [1.82, 2.24) is 9.97 Å². The number of pyridine rings is 1. The summed E-state index contributed by atoms with van der Waals surface area (Å²) in [5, 5.41) is 1.29. The van der Waals surface area contributed by atoms with Crippen LogP contribution in [0.25, 0.3) is 22.0 Å². The van der Waals surface area contributed by atoms with Crippen molar-refractivity contribution in [2.24, 2.45) is 0 Å². The van der Waals surface area contributed by atoms with Gasteiger partial charge in [-0.15, -0.1) is 0 Å². The molecule has 0 radical (unpaired) electrons. The number of hydrogen-bond donors (Lipinski definition) is 1. The Bertz CT molecular complexity index is 1180. The number of ether oxygens (including phenoxy) is 2. The Morgan fingerprint density at radius 2 is 1.70 bits per heavy atom. The number of nitrogens with one attached hydrogen (secondary N) is 1. The van der Waals surface area contributed by atoms with Gasteiger partial charge < -0.3 is 19.4 Å². The highest BCUT2D eigenvalue weighted by Gasteiger charge is 2.22. The Morgan fingerprint density at radius 3 is 2.35 bits per heavy atom. The van der Waals surface area contributed by atoms with Crippen LogP contribution in [0, 0.1) is 0 Å². The highest BCUT2D eigenvalue weighted by Crippen LogP contribution is 2.38. The summed E-state index contributed by atoms with van der Waals surface area (Å²) in [5.74, 6) is 0.975. The standard InChI is InChI=1S/C30H42ClN3O3/c1-7-8-9-10-11-12-13-14-17-34(5)27-16-15-21(28(33-27)36-6)22-18-23-24(29(35)37-30(2,3)4)20-32-26(23)19-25(22)31/h15-16,18-20,32H,7-14,17H2,1-6H3. The van der Waals surface area contributed by atoms with Crippen LogP contribution in [0.15, 0.2) is 30.5 Å². The summed E-state index contributed by atoms with van der Waals surface area (Å²) >= 11 is 6.67. The predicted molar refractivity (Wildman–Crippen MR) is 154 cm³/mol. The number of rotatable bonds is 13. The molecule has 7 heteroatoms.